The summed E-state index contributed by atoms with van der Waals surface area (Å²) in [7, 11) is 0. The average molecular weight is 839 g/mol. The number of hydrogen-bond donors (Lipinski definition) is 1. The van der Waals surface area contributed by atoms with E-state index >= 15 is 0 Å². The van der Waals surface area contributed by atoms with Crippen LogP contribution >= 0.6 is 0 Å². The minimum atomic E-state index is -0.0320. The third-order valence-corrected chi connectivity index (χ3v) is 12.5. The Balaban J connectivity index is 1.31. The summed E-state index contributed by atoms with van der Waals surface area (Å²) >= 11 is 0. The predicted molar refractivity (Wildman–Crippen MR) is 274 cm³/mol. The number of rotatable bonds is 10. The van der Waals surface area contributed by atoms with Crippen molar-refractivity contribution >= 4 is 49.8 Å². The number of aromatic nitrogens is 3. The molecule has 0 aliphatic carbocycles. The van der Waals surface area contributed by atoms with Crippen LogP contribution in [0.15, 0.2) is 152 Å². The second-order valence-electron chi connectivity index (χ2n) is 20.8. The fraction of sp³-hybridized carbons (Fsp3) is 0.267. The first-order chi connectivity index (χ1) is 30.6. The molecule has 4 nitrogen and oxygen atoms in total. The molecule has 0 spiro atoms. The molecule has 1 N–H and O–H groups in total. The number of benzene rings is 6. The molecular formula is C60H62N4. The molecule has 0 bridgehead atoms. The van der Waals surface area contributed by atoms with Crippen molar-refractivity contribution < 1.29 is 0 Å². The van der Waals surface area contributed by atoms with Gasteiger partial charge in [0.05, 0.1) is 22.6 Å². The van der Waals surface area contributed by atoms with E-state index in [4.69, 9.17) is 9.97 Å². The molecule has 3 heterocycles. The van der Waals surface area contributed by atoms with Crippen molar-refractivity contribution in [3.8, 4) is 33.6 Å². The zero-order valence-electron chi connectivity index (χ0n) is 39.3. The van der Waals surface area contributed by atoms with E-state index in [-0.39, 0.29) is 10.8 Å². The first kappa shape index (κ1) is 42.8. The van der Waals surface area contributed by atoms with E-state index in [0.717, 1.165) is 74.5 Å². The van der Waals surface area contributed by atoms with Crippen molar-refractivity contribution in [2.24, 2.45) is 11.8 Å². The molecular weight excluding hydrogens is 777 g/mol. The molecule has 64 heavy (non-hydrogen) atoms. The monoisotopic (exact) mass is 838 g/mol. The summed E-state index contributed by atoms with van der Waals surface area (Å²) in [6, 6.07) is 53.7. The summed E-state index contributed by atoms with van der Waals surface area (Å²) in [6.07, 6.45) is 3.90. The van der Waals surface area contributed by atoms with E-state index in [1.807, 2.05) is 12.3 Å². The Kier molecular flexibility index (Phi) is 11.3. The molecule has 9 aromatic rings. The highest BCUT2D eigenvalue weighted by molar-refractivity contribution is 6.12. The molecule has 0 aliphatic rings. The van der Waals surface area contributed by atoms with Crippen LogP contribution in [-0.4, -0.2) is 15.0 Å². The van der Waals surface area contributed by atoms with Crippen LogP contribution in [0.3, 0.4) is 0 Å². The maximum atomic E-state index is 5.68. The first-order valence-electron chi connectivity index (χ1n) is 23.1. The summed E-state index contributed by atoms with van der Waals surface area (Å²) in [6.45, 7) is 23.1. The number of pyridine rings is 2. The van der Waals surface area contributed by atoms with Crippen LogP contribution < -0.4 is 4.90 Å². The molecule has 0 aliphatic heterocycles. The van der Waals surface area contributed by atoms with Crippen molar-refractivity contribution in [2.75, 3.05) is 4.90 Å². The zero-order chi connectivity index (χ0) is 44.9. The van der Waals surface area contributed by atoms with Crippen LogP contribution in [0, 0.1) is 11.8 Å². The lowest BCUT2D eigenvalue weighted by atomic mass is 9.79. The highest BCUT2D eigenvalue weighted by Crippen LogP contribution is 2.42. The predicted octanol–water partition coefficient (Wildman–Crippen LogP) is 16.7. The lowest BCUT2D eigenvalue weighted by Gasteiger charge is -2.27. The van der Waals surface area contributed by atoms with Gasteiger partial charge in [0.2, 0.25) is 0 Å². The molecule has 0 amide bonds. The number of fused-ring (bicyclic) bond motifs is 4. The molecule has 9 rings (SSSR count). The fourth-order valence-corrected chi connectivity index (χ4v) is 9.23. The maximum Gasteiger partial charge on any atom is 0.137 e. The number of aromatic amines is 1. The first-order valence-corrected chi connectivity index (χ1v) is 23.1. The topological polar surface area (TPSA) is 44.8 Å². The third kappa shape index (κ3) is 8.71. The Bertz CT molecular complexity index is 3100. The minimum Gasteiger partial charge on any atom is -0.354 e. The van der Waals surface area contributed by atoms with Gasteiger partial charge in [-0.05, 0) is 141 Å². The maximum absolute atomic E-state index is 5.68. The van der Waals surface area contributed by atoms with E-state index in [1.165, 1.54) is 44.0 Å². The molecule has 0 fully saturated rings. The second kappa shape index (κ2) is 16.9. The highest BCUT2D eigenvalue weighted by Gasteiger charge is 2.24. The lowest BCUT2D eigenvalue weighted by molar-refractivity contribution is 0.569. The molecule has 0 atom stereocenters. The summed E-state index contributed by atoms with van der Waals surface area (Å²) < 4.78 is 0. The van der Waals surface area contributed by atoms with E-state index in [9.17, 15) is 0 Å². The van der Waals surface area contributed by atoms with Gasteiger partial charge in [-0.15, -0.1) is 0 Å². The Hall–Kier alpha value is -6.52. The van der Waals surface area contributed by atoms with Gasteiger partial charge in [0.1, 0.15) is 5.82 Å². The van der Waals surface area contributed by atoms with Crippen molar-refractivity contribution in [1.82, 2.24) is 15.0 Å². The van der Waals surface area contributed by atoms with Crippen molar-refractivity contribution in [1.29, 1.82) is 0 Å². The van der Waals surface area contributed by atoms with E-state index in [1.54, 1.807) is 0 Å². The molecule has 3 aromatic heterocycles. The summed E-state index contributed by atoms with van der Waals surface area (Å²) in [5.74, 6) is 1.94. The Labute approximate surface area is 380 Å². The number of nitrogens with one attached hydrogen (secondary N) is 1. The quantitative estimate of drug-likeness (QED) is 0.149. The van der Waals surface area contributed by atoms with Gasteiger partial charge in [-0.1, -0.05) is 148 Å². The van der Waals surface area contributed by atoms with Crippen LogP contribution in [0.5, 0.6) is 0 Å². The molecule has 0 saturated heterocycles. The Morgan fingerprint density at radius 3 is 1.91 bits per heavy atom. The lowest BCUT2D eigenvalue weighted by Crippen LogP contribution is -2.16. The largest absolute Gasteiger partial charge is 0.354 e. The SMILES string of the molecule is CC(C)Cc1ccc2[nH]c3c(-c4cc(-c5cc(C(C)(C)C)cc(C(C)(C)C)c5)cc(-c5cccc(N(c6ccccn6)c6cccc7ccccc67)c5)n4)cc(CC(C)C)cc3c2c1. The smallest absolute Gasteiger partial charge is 0.137 e. The van der Waals surface area contributed by atoms with Gasteiger partial charge in [0, 0.05) is 44.7 Å². The second-order valence-corrected chi connectivity index (χ2v) is 20.8. The number of nitrogens with zero attached hydrogens (tertiary/aromatic N) is 3. The van der Waals surface area contributed by atoms with Gasteiger partial charge in [0.15, 0.2) is 0 Å². The van der Waals surface area contributed by atoms with Gasteiger partial charge in [0.25, 0.3) is 0 Å². The third-order valence-electron chi connectivity index (χ3n) is 12.5. The molecule has 0 saturated carbocycles. The van der Waals surface area contributed by atoms with Gasteiger partial charge in [-0.3, -0.25) is 4.90 Å². The Morgan fingerprint density at radius 1 is 0.531 bits per heavy atom. The summed E-state index contributed by atoms with van der Waals surface area (Å²) in [5, 5.41) is 4.88. The molecule has 0 radical (unpaired) electrons. The normalized spacial score (nSPS) is 12.3. The summed E-state index contributed by atoms with van der Waals surface area (Å²) in [5.41, 5.74) is 16.1. The van der Waals surface area contributed by atoms with Crippen LogP contribution in [0.25, 0.3) is 66.2 Å². The molecule has 4 heteroatoms. The number of hydrogen-bond acceptors (Lipinski definition) is 3. The van der Waals surface area contributed by atoms with Crippen LogP contribution in [0.2, 0.25) is 0 Å². The number of anilines is 3. The van der Waals surface area contributed by atoms with Crippen molar-refractivity contribution in [3.05, 3.63) is 174 Å². The van der Waals surface area contributed by atoms with Gasteiger partial charge in [-0.25, -0.2) is 9.97 Å². The van der Waals surface area contributed by atoms with E-state index in [0.29, 0.717) is 11.8 Å². The van der Waals surface area contributed by atoms with Gasteiger partial charge in [-0.2, -0.15) is 0 Å². The highest BCUT2D eigenvalue weighted by atomic mass is 15.2. The van der Waals surface area contributed by atoms with Crippen LogP contribution in [0.4, 0.5) is 17.2 Å². The molecule has 0 unspecified atom stereocenters. The standard InChI is InChI=1S/C60H62N4/c1-38(2)27-40-24-25-53-50(29-40)51-30-41(28-39(3)4)31-52(58(51)63-53)55-36-45(44-32-46(59(5,6)7)37-47(33-44)60(8,9)10)35-54(62-55)43-19-15-20-48(34-43)64(57-23-13-14-26-61-57)56-22-16-18-42-17-11-12-21-49(42)56/h11-26,29-39,63H,27-28H2,1-10H3. The van der Waals surface area contributed by atoms with Gasteiger partial charge < -0.3 is 4.98 Å². The van der Waals surface area contributed by atoms with Crippen LogP contribution in [-0.2, 0) is 23.7 Å². The fourth-order valence-electron chi connectivity index (χ4n) is 9.23. The van der Waals surface area contributed by atoms with Gasteiger partial charge >= 0.3 is 0 Å². The summed E-state index contributed by atoms with van der Waals surface area (Å²) in [4.78, 5) is 16.8. The Morgan fingerprint density at radius 2 is 1.19 bits per heavy atom. The van der Waals surface area contributed by atoms with E-state index < -0.39 is 0 Å². The van der Waals surface area contributed by atoms with Crippen molar-refractivity contribution in [2.45, 2.75) is 92.9 Å². The van der Waals surface area contributed by atoms with E-state index in [2.05, 4.69) is 219 Å². The number of H-pyrrole nitrogens is 1. The molecule has 322 valence electrons. The molecule has 6 aromatic carbocycles. The minimum absolute atomic E-state index is 0.0320. The van der Waals surface area contributed by atoms with Crippen LogP contribution in [0.1, 0.15) is 91.5 Å². The van der Waals surface area contributed by atoms with Crippen molar-refractivity contribution in [3.63, 3.8) is 0 Å². The average Bonchev–Trinajstić information content (AvgIpc) is 3.63. The zero-order valence-corrected chi connectivity index (χ0v) is 39.3.